The van der Waals surface area contributed by atoms with Crippen LogP contribution in [0.3, 0.4) is 0 Å². The highest BCUT2D eigenvalue weighted by Gasteiger charge is 2.09. The summed E-state index contributed by atoms with van der Waals surface area (Å²) in [6.07, 6.45) is 2.30. The Kier molecular flexibility index (Phi) is 6.41. The lowest BCUT2D eigenvalue weighted by Crippen LogP contribution is -2.24. The van der Waals surface area contributed by atoms with Gasteiger partial charge in [-0.15, -0.1) is 0 Å². The first kappa shape index (κ1) is 17.6. The molecule has 122 valence electrons. The minimum absolute atomic E-state index is 0.0230. The maximum Gasteiger partial charge on any atom is 0.263 e. The standard InChI is InChI=1S/C19H18ClN3O/c1-2-15-5-3-4-6-18(15)22-13-16(11-21)19(24)23-12-14-7-9-17(20)10-8-14/h3-10,13,22H,2,12H2,1H3,(H,23,24)/b16-13-. The van der Waals surface area contributed by atoms with E-state index in [-0.39, 0.29) is 5.57 Å². The SMILES string of the molecule is CCc1ccccc1N/C=C(/C#N)C(=O)NCc1ccc(Cl)cc1. The fourth-order valence-electron chi connectivity index (χ4n) is 2.15. The van der Waals surface area contributed by atoms with E-state index in [1.54, 1.807) is 12.1 Å². The second kappa shape index (κ2) is 8.76. The van der Waals surface area contributed by atoms with Crippen LogP contribution in [0.5, 0.6) is 0 Å². The third kappa shape index (κ3) is 4.87. The van der Waals surface area contributed by atoms with Crippen LogP contribution in [0.15, 0.2) is 60.3 Å². The minimum atomic E-state index is -0.422. The first-order valence-electron chi connectivity index (χ1n) is 7.61. The molecule has 0 unspecified atom stereocenters. The van der Waals surface area contributed by atoms with Gasteiger partial charge in [-0.1, -0.05) is 48.9 Å². The second-order valence-electron chi connectivity index (χ2n) is 5.13. The Balaban J connectivity index is 2.00. The zero-order valence-corrected chi connectivity index (χ0v) is 14.1. The molecule has 0 aromatic heterocycles. The van der Waals surface area contributed by atoms with Crippen LogP contribution in [0.25, 0.3) is 0 Å². The Hall–Kier alpha value is -2.77. The van der Waals surface area contributed by atoms with E-state index in [0.717, 1.165) is 23.2 Å². The number of carbonyl (C=O) groups is 1. The molecule has 0 bridgehead atoms. The summed E-state index contributed by atoms with van der Waals surface area (Å²) in [4.78, 5) is 12.1. The Morgan fingerprint density at radius 1 is 1.21 bits per heavy atom. The molecule has 24 heavy (non-hydrogen) atoms. The summed E-state index contributed by atoms with van der Waals surface area (Å²) in [6.45, 7) is 2.38. The monoisotopic (exact) mass is 339 g/mol. The second-order valence-corrected chi connectivity index (χ2v) is 5.57. The van der Waals surface area contributed by atoms with Crippen LogP contribution in [-0.2, 0) is 17.8 Å². The van der Waals surface area contributed by atoms with Gasteiger partial charge in [0.2, 0.25) is 0 Å². The van der Waals surface area contributed by atoms with E-state index in [9.17, 15) is 10.1 Å². The lowest BCUT2D eigenvalue weighted by Gasteiger charge is -2.08. The number of benzene rings is 2. The largest absolute Gasteiger partial charge is 0.360 e. The molecule has 2 N–H and O–H groups in total. The van der Waals surface area contributed by atoms with E-state index in [2.05, 4.69) is 10.6 Å². The van der Waals surface area contributed by atoms with Gasteiger partial charge >= 0.3 is 0 Å². The van der Waals surface area contributed by atoms with Crippen LogP contribution >= 0.6 is 11.6 Å². The Bertz CT molecular complexity index is 776. The van der Waals surface area contributed by atoms with Crippen LogP contribution in [0, 0.1) is 11.3 Å². The molecule has 0 aliphatic rings. The highest BCUT2D eigenvalue weighted by Crippen LogP contribution is 2.15. The number of nitrogens with zero attached hydrogens (tertiary/aromatic N) is 1. The van der Waals surface area contributed by atoms with Gasteiger partial charge in [-0.2, -0.15) is 5.26 Å². The number of halogens is 1. The molecular weight excluding hydrogens is 322 g/mol. The summed E-state index contributed by atoms with van der Waals surface area (Å²) in [5, 5.41) is 15.6. The van der Waals surface area contributed by atoms with Gasteiger partial charge in [0.05, 0.1) is 0 Å². The zero-order valence-electron chi connectivity index (χ0n) is 13.3. The van der Waals surface area contributed by atoms with Crippen LogP contribution in [0.1, 0.15) is 18.1 Å². The summed E-state index contributed by atoms with van der Waals surface area (Å²) in [7, 11) is 0. The quantitative estimate of drug-likeness (QED) is 0.616. The van der Waals surface area contributed by atoms with Crippen molar-refractivity contribution < 1.29 is 4.79 Å². The topological polar surface area (TPSA) is 64.9 Å². The van der Waals surface area contributed by atoms with E-state index in [4.69, 9.17) is 11.6 Å². The number of hydrogen-bond donors (Lipinski definition) is 2. The number of para-hydroxylation sites is 1. The summed E-state index contributed by atoms with van der Waals surface area (Å²) in [5.74, 6) is -0.422. The van der Waals surface area contributed by atoms with E-state index in [1.807, 2.05) is 49.4 Å². The molecule has 0 atom stereocenters. The highest BCUT2D eigenvalue weighted by atomic mass is 35.5. The lowest BCUT2D eigenvalue weighted by atomic mass is 10.1. The summed E-state index contributed by atoms with van der Waals surface area (Å²) in [6, 6.07) is 16.9. The van der Waals surface area contributed by atoms with Crippen LogP contribution < -0.4 is 10.6 Å². The van der Waals surface area contributed by atoms with Crippen molar-refractivity contribution in [2.45, 2.75) is 19.9 Å². The normalized spacial score (nSPS) is 10.8. The molecular formula is C19H18ClN3O. The number of anilines is 1. The minimum Gasteiger partial charge on any atom is -0.360 e. The molecule has 2 aromatic rings. The van der Waals surface area contributed by atoms with E-state index in [1.165, 1.54) is 6.20 Å². The molecule has 0 saturated carbocycles. The van der Waals surface area contributed by atoms with Crippen molar-refractivity contribution in [3.05, 3.63) is 76.5 Å². The van der Waals surface area contributed by atoms with Gasteiger partial charge < -0.3 is 10.6 Å². The van der Waals surface area contributed by atoms with Crippen molar-refractivity contribution in [3.63, 3.8) is 0 Å². The molecule has 2 aromatic carbocycles. The van der Waals surface area contributed by atoms with Crippen molar-refractivity contribution >= 4 is 23.2 Å². The van der Waals surface area contributed by atoms with E-state index < -0.39 is 5.91 Å². The van der Waals surface area contributed by atoms with E-state index in [0.29, 0.717) is 11.6 Å². The van der Waals surface area contributed by atoms with Crippen molar-refractivity contribution in [1.29, 1.82) is 5.26 Å². The van der Waals surface area contributed by atoms with Gasteiger partial charge in [-0.3, -0.25) is 4.79 Å². The molecule has 1 amide bonds. The van der Waals surface area contributed by atoms with Gasteiger partial charge in [0.15, 0.2) is 0 Å². The molecule has 0 saturated heterocycles. The molecule has 0 spiro atoms. The smallest absolute Gasteiger partial charge is 0.263 e. The molecule has 0 radical (unpaired) electrons. The van der Waals surface area contributed by atoms with Crippen LogP contribution in [0.4, 0.5) is 5.69 Å². The van der Waals surface area contributed by atoms with Gasteiger partial charge in [0, 0.05) is 23.5 Å². The van der Waals surface area contributed by atoms with Gasteiger partial charge in [0.1, 0.15) is 11.6 Å². The Morgan fingerprint density at radius 3 is 2.58 bits per heavy atom. The molecule has 0 aliphatic heterocycles. The first-order valence-corrected chi connectivity index (χ1v) is 7.99. The van der Waals surface area contributed by atoms with Crippen LogP contribution in [-0.4, -0.2) is 5.91 Å². The molecule has 5 heteroatoms. The number of amides is 1. The number of hydrogen-bond acceptors (Lipinski definition) is 3. The summed E-state index contributed by atoms with van der Waals surface area (Å²) < 4.78 is 0. The maximum atomic E-state index is 12.1. The zero-order chi connectivity index (χ0) is 17.4. The summed E-state index contributed by atoms with van der Waals surface area (Å²) >= 11 is 5.82. The van der Waals surface area contributed by atoms with Gasteiger partial charge in [-0.25, -0.2) is 0 Å². The number of nitriles is 1. The highest BCUT2D eigenvalue weighted by molar-refractivity contribution is 6.30. The number of nitrogens with one attached hydrogen (secondary N) is 2. The van der Waals surface area contributed by atoms with Gasteiger partial charge in [-0.05, 0) is 35.7 Å². The van der Waals surface area contributed by atoms with Crippen molar-refractivity contribution in [1.82, 2.24) is 5.32 Å². The predicted molar refractivity (Wildman–Crippen MR) is 96.4 cm³/mol. The Morgan fingerprint density at radius 2 is 1.92 bits per heavy atom. The lowest BCUT2D eigenvalue weighted by molar-refractivity contribution is -0.117. The average Bonchev–Trinajstić information content (AvgIpc) is 2.62. The molecule has 2 rings (SSSR count). The molecule has 4 nitrogen and oxygen atoms in total. The fraction of sp³-hybridized carbons (Fsp3) is 0.158. The van der Waals surface area contributed by atoms with E-state index >= 15 is 0 Å². The van der Waals surface area contributed by atoms with Crippen molar-refractivity contribution in [2.24, 2.45) is 0 Å². The maximum absolute atomic E-state index is 12.1. The molecule has 0 heterocycles. The predicted octanol–water partition coefficient (Wildman–Crippen LogP) is 4.04. The Labute approximate surface area is 146 Å². The third-order valence-electron chi connectivity index (χ3n) is 3.50. The fourth-order valence-corrected chi connectivity index (χ4v) is 2.27. The van der Waals surface area contributed by atoms with Crippen molar-refractivity contribution in [3.8, 4) is 6.07 Å². The van der Waals surface area contributed by atoms with Crippen LogP contribution in [0.2, 0.25) is 5.02 Å². The van der Waals surface area contributed by atoms with Crippen molar-refractivity contribution in [2.75, 3.05) is 5.32 Å². The molecule has 0 fully saturated rings. The van der Waals surface area contributed by atoms with Gasteiger partial charge in [0.25, 0.3) is 5.91 Å². The third-order valence-corrected chi connectivity index (χ3v) is 3.75. The average molecular weight is 340 g/mol. The number of carbonyl (C=O) groups excluding carboxylic acids is 1. The summed E-state index contributed by atoms with van der Waals surface area (Å²) in [5.41, 5.74) is 2.94. The first-order chi connectivity index (χ1) is 11.6. The number of aryl methyl sites for hydroxylation is 1. The molecule has 0 aliphatic carbocycles. The number of rotatable bonds is 6.